The minimum absolute atomic E-state index is 0.251. The molecule has 9 aromatic rings. The van der Waals surface area contributed by atoms with Crippen LogP contribution in [0.1, 0.15) is 17.3 Å². The fraction of sp³-hybridized carbons (Fsp3) is 0.0238. The van der Waals surface area contributed by atoms with E-state index in [1.54, 1.807) is 0 Å². The summed E-state index contributed by atoms with van der Waals surface area (Å²) in [5, 5.41) is 13.7. The zero-order valence-electron chi connectivity index (χ0n) is 24.8. The van der Waals surface area contributed by atoms with Crippen molar-refractivity contribution >= 4 is 75.6 Å². The van der Waals surface area contributed by atoms with Gasteiger partial charge in [0, 0.05) is 32.0 Å². The minimum Gasteiger partial charge on any atom is -0.331 e. The molecule has 0 aliphatic carbocycles. The van der Waals surface area contributed by atoms with E-state index in [4.69, 9.17) is 4.99 Å². The van der Waals surface area contributed by atoms with E-state index in [0.717, 1.165) is 16.4 Å². The lowest BCUT2D eigenvalue weighted by Gasteiger charge is -2.26. The van der Waals surface area contributed by atoms with E-state index in [9.17, 15) is 0 Å². The van der Waals surface area contributed by atoms with E-state index in [2.05, 4.69) is 162 Å². The third-order valence-corrected chi connectivity index (χ3v) is 10.5. The highest BCUT2D eigenvalue weighted by atomic mass is 32.1. The van der Waals surface area contributed by atoms with Gasteiger partial charge in [-0.1, -0.05) is 127 Å². The first-order chi connectivity index (χ1) is 22.8. The Bertz CT molecular complexity index is 2660. The molecule has 0 radical (unpaired) electrons. The molecule has 1 unspecified atom stereocenters. The molecule has 7 aromatic carbocycles. The number of amidine groups is 1. The summed E-state index contributed by atoms with van der Waals surface area (Å²) in [6, 6.07) is 54.7. The summed E-state index contributed by atoms with van der Waals surface area (Å²) in [5.41, 5.74) is 7.10. The summed E-state index contributed by atoms with van der Waals surface area (Å²) in [6.07, 6.45) is -0.251. The van der Waals surface area contributed by atoms with Crippen molar-refractivity contribution in [2.45, 2.75) is 6.17 Å². The van der Waals surface area contributed by atoms with E-state index in [1.807, 2.05) is 11.3 Å². The van der Waals surface area contributed by atoms with Crippen LogP contribution in [0.3, 0.4) is 0 Å². The third kappa shape index (κ3) is 3.81. The molecular weight excluding hydrogens is 579 g/mol. The average molecular weight is 606 g/mol. The maximum absolute atomic E-state index is 5.60. The fourth-order valence-electron chi connectivity index (χ4n) is 7.29. The number of benzene rings is 7. The van der Waals surface area contributed by atoms with Gasteiger partial charge in [-0.25, -0.2) is 4.99 Å². The summed E-state index contributed by atoms with van der Waals surface area (Å²) < 4.78 is 3.75. The Labute approximate surface area is 269 Å². The van der Waals surface area contributed by atoms with Crippen LogP contribution in [0.5, 0.6) is 0 Å². The van der Waals surface area contributed by atoms with Crippen LogP contribution in [-0.4, -0.2) is 10.4 Å². The lowest BCUT2D eigenvalue weighted by Crippen LogP contribution is -2.23. The Morgan fingerprint density at radius 2 is 1.17 bits per heavy atom. The zero-order chi connectivity index (χ0) is 30.2. The lowest BCUT2D eigenvalue weighted by atomic mass is 10.0. The number of nitrogens with zero attached hydrogens (tertiary/aromatic N) is 2. The maximum Gasteiger partial charge on any atom is 0.157 e. The van der Waals surface area contributed by atoms with Crippen molar-refractivity contribution in [2.24, 2.45) is 4.99 Å². The van der Waals surface area contributed by atoms with Crippen molar-refractivity contribution in [3.05, 3.63) is 163 Å². The number of fused-ring (bicyclic) bond motifs is 9. The monoisotopic (exact) mass is 605 g/mol. The van der Waals surface area contributed by atoms with Crippen LogP contribution in [-0.2, 0) is 0 Å². The number of hydrogen-bond acceptors (Lipinski definition) is 3. The van der Waals surface area contributed by atoms with Gasteiger partial charge in [-0.05, 0) is 56.9 Å². The van der Waals surface area contributed by atoms with Crippen molar-refractivity contribution in [3.8, 4) is 11.1 Å². The number of anilines is 1. The van der Waals surface area contributed by atoms with Crippen LogP contribution in [0.2, 0.25) is 0 Å². The molecule has 10 rings (SSSR count). The third-order valence-electron chi connectivity index (χ3n) is 9.44. The molecule has 0 saturated carbocycles. The molecule has 1 aliphatic heterocycles. The summed E-state index contributed by atoms with van der Waals surface area (Å²) in [5.74, 6) is 0.889. The molecule has 1 N–H and O–H groups in total. The molecule has 2 aromatic heterocycles. The second kappa shape index (κ2) is 9.90. The van der Waals surface area contributed by atoms with Gasteiger partial charge in [0.2, 0.25) is 0 Å². The topological polar surface area (TPSA) is 29.3 Å². The van der Waals surface area contributed by atoms with Crippen molar-refractivity contribution in [1.82, 2.24) is 4.57 Å². The number of hydrogen-bond donors (Lipinski definition) is 1. The molecule has 1 aliphatic rings. The van der Waals surface area contributed by atoms with Gasteiger partial charge in [0.05, 0.1) is 11.0 Å². The van der Waals surface area contributed by atoms with Crippen LogP contribution in [0, 0.1) is 0 Å². The van der Waals surface area contributed by atoms with Gasteiger partial charge in [0.15, 0.2) is 6.17 Å². The van der Waals surface area contributed by atoms with E-state index < -0.39 is 0 Å². The summed E-state index contributed by atoms with van der Waals surface area (Å²) in [4.78, 5) is 5.60. The van der Waals surface area contributed by atoms with Crippen LogP contribution in [0.4, 0.5) is 5.00 Å². The van der Waals surface area contributed by atoms with Gasteiger partial charge in [0.1, 0.15) is 10.8 Å². The Morgan fingerprint density at radius 1 is 0.522 bits per heavy atom. The smallest absolute Gasteiger partial charge is 0.157 e. The van der Waals surface area contributed by atoms with Crippen LogP contribution in [0.15, 0.2) is 157 Å². The van der Waals surface area contributed by atoms with Crippen LogP contribution in [0.25, 0.3) is 64.6 Å². The number of thiophene rings is 1. The number of aromatic nitrogens is 1. The first-order valence-corrected chi connectivity index (χ1v) is 16.5. The van der Waals surface area contributed by atoms with Crippen molar-refractivity contribution in [3.63, 3.8) is 0 Å². The molecule has 0 fully saturated rings. The van der Waals surface area contributed by atoms with Gasteiger partial charge < -0.3 is 9.88 Å². The zero-order valence-corrected chi connectivity index (χ0v) is 25.6. The standard InChI is InChI=1S/C42H27N3S/c1-2-10-26(11-3-1)27-18-20-29(21-19-27)40-43-41(39-33-16-8-9-17-37(33)46-42(39)44-40)45-35-23-22-28-12-6-7-15-32(28)38(35)34-24-30-13-4-5-14-31(30)25-36(34)45/h1-25,41H,(H,43,44). The average Bonchev–Trinajstić information content (AvgIpc) is 3.66. The summed E-state index contributed by atoms with van der Waals surface area (Å²) in [7, 11) is 0. The van der Waals surface area contributed by atoms with E-state index in [-0.39, 0.29) is 6.17 Å². The lowest BCUT2D eigenvalue weighted by molar-refractivity contribution is 0.659. The molecule has 4 heteroatoms. The number of rotatable bonds is 3. The molecule has 3 heterocycles. The summed E-state index contributed by atoms with van der Waals surface area (Å²) >= 11 is 1.81. The molecule has 0 saturated heterocycles. The van der Waals surface area contributed by atoms with Crippen molar-refractivity contribution < 1.29 is 0 Å². The Kier molecular flexibility index (Phi) is 5.51. The molecule has 0 spiro atoms. The second-order valence-electron chi connectivity index (χ2n) is 12.0. The van der Waals surface area contributed by atoms with Gasteiger partial charge in [0.25, 0.3) is 0 Å². The largest absolute Gasteiger partial charge is 0.331 e. The first-order valence-electron chi connectivity index (χ1n) is 15.7. The van der Waals surface area contributed by atoms with Crippen LogP contribution < -0.4 is 5.32 Å². The van der Waals surface area contributed by atoms with Gasteiger partial charge in [-0.3, -0.25) is 0 Å². The van der Waals surface area contributed by atoms with Crippen molar-refractivity contribution in [2.75, 3.05) is 5.32 Å². The number of nitrogens with one attached hydrogen (secondary N) is 1. The molecule has 1 atom stereocenters. The highest BCUT2D eigenvalue weighted by molar-refractivity contribution is 7.23. The number of aliphatic imine (C=N–C) groups is 1. The molecule has 3 nitrogen and oxygen atoms in total. The Hall–Kier alpha value is -5.71. The SMILES string of the molecule is c1ccc(-c2ccc(C3=NC(n4c5cc6ccccc6cc5c5c6ccccc6ccc54)c4c(sc5ccccc45)N3)cc2)cc1. The van der Waals surface area contributed by atoms with Crippen LogP contribution >= 0.6 is 11.3 Å². The predicted octanol–water partition coefficient (Wildman–Crippen LogP) is 11.4. The minimum atomic E-state index is -0.251. The first kappa shape index (κ1) is 25.6. The van der Waals surface area contributed by atoms with Gasteiger partial charge in [-0.15, -0.1) is 11.3 Å². The normalized spacial score (nSPS) is 14.6. The predicted molar refractivity (Wildman–Crippen MR) is 196 cm³/mol. The van der Waals surface area contributed by atoms with Crippen molar-refractivity contribution in [1.29, 1.82) is 0 Å². The fourth-order valence-corrected chi connectivity index (χ4v) is 8.42. The van der Waals surface area contributed by atoms with E-state index >= 15 is 0 Å². The van der Waals surface area contributed by atoms with E-state index in [0.29, 0.717) is 0 Å². The quantitative estimate of drug-likeness (QED) is 0.213. The Balaban J connectivity index is 1.27. The molecule has 0 amide bonds. The summed E-state index contributed by atoms with van der Waals surface area (Å²) in [6.45, 7) is 0. The maximum atomic E-state index is 5.60. The second-order valence-corrected chi connectivity index (χ2v) is 13.1. The van der Waals surface area contributed by atoms with Gasteiger partial charge in [-0.2, -0.15) is 0 Å². The molecular formula is C42H27N3S. The molecule has 46 heavy (non-hydrogen) atoms. The Morgan fingerprint density at radius 3 is 2.00 bits per heavy atom. The highest BCUT2D eigenvalue weighted by Crippen LogP contribution is 2.48. The molecule has 0 bridgehead atoms. The van der Waals surface area contributed by atoms with Gasteiger partial charge >= 0.3 is 0 Å². The van der Waals surface area contributed by atoms with E-state index in [1.165, 1.54) is 70.1 Å². The highest BCUT2D eigenvalue weighted by Gasteiger charge is 2.31. The molecule has 216 valence electrons.